The Kier molecular flexibility index (Phi) is 6.09. The highest BCUT2D eigenvalue weighted by Crippen LogP contribution is 2.21. The zero-order chi connectivity index (χ0) is 16.2. The van der Waals surface area contributed by atoms with Gasteiger partial charge in [-0.1, -0.05) is 0 Å². The molecule has 0 radical (unpaired) electrons. The predicted octanol–water partition coefficient (Wildman–Crippen LogP) is 2.79. The maximum atomic E-state index is 12.2. The SMILES string of the molecule is CC(NC1CCCN(C(=O)OC(C)(C)C)C1)C1CCOCC1. The second kappa shape index (κ2) is 7.64. The molecule has 5 heteroatoms. The topological polar surface area (TPSA) is 50.8 Å². The van der Waals surface area contributed by atoms with E-state index in [1.165, 1.54) is 0 Å². The zero-order valence-corrected chi connectivity index (χ0v) is 14.6. The molecular weight excluding hydrogens is 280 g/mol. The molecule has 2 aliphatic rings. The fourth-order valence-corrected chi connectivity index (χ4v) is 3.33. The maximum Gasteiger partial charge on any atom is 0.410 e. The Bertz CT molecular complexity index is 361. The number of carbonyl (C=O) groups excluding carboxylic acids is 1. The van der Waals surface area contributed by atoms with E-state index in [4.69, 9.17) is 9.47 Å². The molecule has 2 aliphatic heterocycles. The number of ether oxygens (including phenoxy) is 2. The van der Waals surface area contributed by atoms with Crippen LogP contribution in [-0.4, -0.2) is 55.0 Å². The minimum absolute atomic E-state index is 0.183. The minimum atomic E-state index is -0.424. The molecule has 0 aromatic carbocycles. The molecule has 0 aliphatic carbocycles. The summed E-state index contributed by atoms with van der Waals surface area (Å²) in [5.41, 5.74) is -0.424. The lowest BCUT2D eigenvalue weighted by molar-refractivity contribution is 0.0169. The Labute approximate surface area is 134 Å². The van der Waals surface area contributed by atoms with Gasteiger partial charge in [0.15, 0.2) is 0 Å². The molecule has 0 bridgehead atoms. The average Bonchev–Trinajstić information content (AvgIpc) is 2.46. The van der Waals surface area contributed by atoms with Gasteiger partial charge in [0.05, 0.1) is 0 Å². The number of carbonyl (C=O) groups is 1. The second-order valence-corrected chi connectivity index (χ2v) is 7.67. The van der Waals surface area contributed by atoms with Gasteiger partial charge in [0, 0.05) is 38.4 Å². The summed E-state index contributed by atoms with van der Waals surface area (Å²) in [5, 5.41) is 3.73. The van der Waals surface area contributed by atoms with Crippen molar-refractivity contribution in [1.29, 1.82) is 0 Å². The fraction of sp³-hybridized carbons (Fsp3) is 0.941. The third-order valence-corrected chi connectivity index (χ3v) is 4.54. The Morgan fingerprint density at radius 3 is 2.59 bits per heavy atom. The Morgan fingerprint density at radius 2 is 1.95 bits per heavy atom. The summed E-state index contributed by atoms with van der Waals surface area (Å²) in [6.07, 6.45) is 4.26. The van der Waals surface area contributed by atoms with Gasteiger partial charge < -0.3 is 19.7 Å². The van der Waals surface area contributed by atoms with Gasteiger partial charge in [-0.3, -0.25) is 0 Å². The zero-order valence-electron chi connectivity index (χ0n) is 14.6. The van der Waals surface area contributed by atoms with Crippen molar-refractivity contribution in [3.05, 3.63) is 0 Å². The first-order chi connectivity index (χ1) is 10.3. The summed E-state index contributed by atoms with van der Waals surface area (Å²) in [6.45, 7) is 11.3. The summed E-state index contributed by atoms with van der Waals surface area (Å²) >= 11 is 0. The van der Waals surface area contributed by atoms with Crippen molar-refractivity contribution < 1.29 is 14.3 Å². The van der Waals surface area contributed by atoms with Crippen LogP contribution in [0, 0.1) is 5.92 Å². The minimum Gasteiger partial charge on any atom is -0.444 e. The standard InChI is InChI=1S/C17H32N2O3/c1-13(14-7-10-21-11-8-14)18-15-6-5-9-19(12-15)16(20)22-17(2,3)4/h13-15,18H,5-12H2,1-4H3. The Morgan fingerprint density at radius 1 is 1.27 bits per heavy atom. The van der Waals surface area contributed by atoms with Crippen molar-refractivity contribution in [2.24, 2.45) is 5.92 Å². The summed E-state index contributed by atoms with van der Waals surface area (Å²) in [5.74, 6) is 0.686. The van der Waals surface area contributed by atoms with Crippen molar-refractivity contribution in [3.8, 4) is 0 Å². The summed E-state index contributed by atoms with van der Waals surface area (Å²) < 4.78 is 10.9. The Balaban J connectivity index is 1.81. The number of piperidine rings is 1. The van der Waals surface area contributed by atoms with E-state index < -0.39 is 5.60 Å². The van der Waals surface area contributed by atoms with Crippen LogP contribution in [0.4, 0.5) is 4.79 Å². The lowest BCUT2D eigenvalue weighted by atomic mass is 9.91. The van der Waals surface area contributed by atoms with Crippen LogP contribution in [0.25, 0.3) is 0 Å². The summed E-state index contributed by atoms with van der Waals surface area (Å²) in [6, 6.07) is 0.853. The summed E-state index contributed by atoms with van der Waals surface area (Å²) in [7, 11) is 0. The Hall–Kier alpha value is -0.810. The largest absolute Gasteiger partial charge is 0.444 e. The van der Waals surface area contributed by atoms with Crippen LogP contribution in [0.5, 0.6) is 0 Å². The van der Waals surface area contributed by atoms with E-state index in [1.54, 1.807) is 0 Å². The first kappa shape index (κ1) is 17.5. The van der Waals surface area contributed by atoms with Gasteiger partial charge in [-0.25, -0.2) is 4.79 Å². The van der Waals surface area contributed by atoms with Crippen molar-refractivity contribution in [3.63, 3.8) is 0 Å². The van der Waals surface area contributed by atoms with Crippen molar-refractivity contribution in [2.75, 3.05) is 26.3 Å². The molecule has 0 saturated carbocycles. The quantitative estimate of drug-likeness (QED) is 0.870. The van der Waals surface area contributed by atoms with Crippen LogP contribution in [0.2, 0.25) is 0 Å². The number of amides is 1. The number of likely N-dealkylation sites (tertiary alicyclic amines) is 1. The molecular formula is C17H32N2O3. The van der Waals surface area contributed by atoms with Crippen molar-refractivity contribution in [1.82, 2.24) is 10.2 Å². The molecule has 2 fully saturated rings. The molecule has 2 heterocycles. The molecule has 2 saturated heterocycles. The molecule has 22 heavy (non-hydrogen) atoms. The first-order valence-corrected chi connectivity index (χ1v) is 8.67. The van der Waals surface area contributed by atoms with Crippen molar-refractivity contribution >= 4 is 6.09 Å². The lowest BCUT2D eigenvalue weighted by Crippen LogP contribution is -2.52. The molecule has 5 nitrogen and oxygen atoms in total. The van der Waals surface area contributed by atoms with E-state index in [-0.39, 0.29) is 6.09 Å². The van der Waals surface area contributed by atoms with Gasteiger partial charge >= 0.3 is 6.09 Å². The first-order valence-electron chi connectivity index (χ1n) is 8.67. The molecule has 2 unspecified atom stereocenters. The lowest BCUT2D eigenvalue weighted by Gasteiger charge is -2.37. The number of hydrogen-bond acceptors (Lipinski definition) is 4. The number of nitrogens with zero attached hydrogens (tertiary/aromatic N) is 1. The van der Waals surface area contributed by atoms with E-state index in [9.17, 15) is 4.79 Å². The van der Waals surface area contributed by atoms with Gasteiger partial charge in [-0.15, -0.1) is 0 Å². The highest BCUT2D eigenvalue weighted by Gasteiger charge is 2.29. The van der Waals surface area contributed by atoms with Crippen LogP contribution in [0.3, 0.4) is 0 Å². The van der Waals surface area contributed by atoms with E-state index in [0.29, 0.717) is 18.0 Å². The van der Waals surface area contributed by atoms with Crippen LogP contribution < -0.4 is 5.32 Å². The van der Waals surface area contributed by atoms with Gasteiger partial charge in [0.2, 0.25) is 0 Å². The highest BCUT2D eigenvalue weighted by molar-refractivity contribution is 5.68. The summed E-state index contributed by atoms with van der Waals surface area (Å²) in [4.78, 5) is 14.1. The van der Waals surface area contributed by atoms with Crippen LogP contribution in [0.15, 0.2) is 0 Å². The molecule has 0 spiro atoms. The highest BCUT2D eigenvalue weighted by atomic mass is 16.6. The third kappa shape index (κ3) is 5.43. The van der Waals surface area contributed by atoms with Crippen LogP contribution >= 0.6 is 0 Å². The normalized spacial score (nSPS) is 25.8. The van der Waals surface area contributed by atoms with E-state index in [2.05, 4.69) is 12.2 Å². The van der Waals surface area contributed by atoms with Crippen molar-refractivity contribution in [2.45, 2.75) is 71.1 Å². The van der Waals surface area contributed by atoms with Gasteiger partial charge in [-0.2, -0.15) is 0 Å². The number of nitrogens with one attached hydrogen (secondary N) is 1. The number of rotatable bonds is 3. The van der Waals surface area contributed by atoms with E-state index in [0.717, 1.165) is 52.0 Å². The maximum absolute atomic E-state index is 12.2. The average molecular weight is 312 g/mol. The number of hydrogen-bond donors (Lipinski definition) is 1. The molecule has 0 aromatic heterocycles. The fourth-order valence-electron chi connectivity index (χ4n) is 3.33. The van der Waals surface area contributed by atoms with Gasteiger partial charge in [-0.05, 0) is 59.3 Å². The predicted molar refractivity (Wildman–Crippen MR) is 87.0 cm³/mol. The molecule has 1 N–H and O–H groups in total. The second-order valence-electron chi connectivity index (χ2n) is 7.67. The van der Waals surface area contributed by atoms with Gasteiger partial charge in [0.25, 0.3) is 0 Å². The molecule has 128 valence electrons. The van der Waals surface area contributed by atoms with E-state index >= 15 is 0 Å². The smallest absolute Gasteiger partial charge is 0.410 e. The molecule has 2 rings (SSSR count). The molecule has 1 amide bonds. The van der Waals surface area contributed by atoms with E-state index in [1.807, 2.05) is 25.7 Å². The third-order valence-electron chi connectivity index (χ3n) is 4.54. The monoisotopic (exact) mass is 312 g/mol. The molecule has 0 aromatic rings. The van der Waals surface area contributed by atoms with Crippen LogP contribution in [-0.2, 0) is 9.47 Å². The van der Waals surface area contributed by atoms with Crippen LogP contribution in [0.1, 0.15) is 53.4 Å². The van der Waals surface area contributed by atoms with Gasteiger partial charge in [0.1, 0.15) is 5.60 Å². The molecule has 2 atom stereocenters.